The number of anilines is 1. The van der Waals surface area contributed by atoms with Gasteiger partial charge < -0.3 is 19.9 Å². The number of methoxy groups -OCH3 is 1. The highest BCUT2D eigenvalue weighted by atomic mass is 16.5. The van der Waals surface area contributed by atoms with Crippen LogP contribution >= 0.6 is 0 Å². The van der Waals surface area contributed by atoms with Crippen LogP contribution in [0.1, 0.15) is 18.4 Å². The lowest BCUT2D eigenvalue weighted by atomic mass is 10.0. The zero-order valence-electron chi connectivity index (χ0n) is 16.3. The minimum atomic E-state index is 0.141. The first-order valence-corrected chi connectivity index (χ1v) is 9.70. The van der Waals surface area contributed by atoms with E-state index in [4.69, 9.17) is 4.74 Å². The number of nitrogens with one attached hydrogen (secondary N) is 2. The second-order valence-electron chi connectivity index (χ2n) is 7.23. The molecule has 5 heteroatoms. The number of carbonyl (C=O) groups excluding carboxylic acids is 1. The van der Waals surface area contributed by atoms with Crippen LogP contribution in [0.5, 0.6) is 5.75 Å². The molecule has 27 heavy (non-hydrogen) atoms. The highest BCUT2D eigenvalue weighted by Crippen LogP contribution is 2.20. The molecule has 2 aromatic carbocycles. The average molecular weight is 369 g/mol. The van der Waals surface area contributed by atoms with E-state index in [1.54, 1.807) is 7.11 Å². The molecule has 1 aliphatic heterocycles. The molecule has 0 aliphatic carbocycles. The van der Waals surface area contributed by atoms with Gasteiger partial charge in [-0.1, -0.05) is 43.3 Å². The number of carbonyl (C=O) groups is 1. The maximum Gasteiger partial charge on any atom is 0.275 e. The van der Waals surface area contributed by atoms with Gasteiger partial charge in [0.15, 0.2) is 6.54 Å². The van der Waals surface area contributed by atoms with E-state index >= 15 is 0 Å². The highest BCUT2D eigenvalue weighted by molar-refractivity contribution is 5.76. The fourth-order valence-corrected chi connectivity index (χ4v) is 3.52. The van der Waals surface area contributed by atoms with Crippen molar-refractivity contribution in [3.05, 3.63) is 60.2 Å². The number of quaternary nitrogens is 1. The van der Waals surface area contributed by atoms with Crippen LogP contribution in [0.3, 0.4) is 0 Å². The number of piperazine rings is 1. The predicted octanol–water partition coefficient (Wildman–Crippen LogP) is 1.32. The number of hydrogen-bond acceptors (Lipinski definition) is 3. The summed E-state index contributed by atoms with van der Waals surface area (Å²) in [5.41, 5.74) is 2.45. The number of benzene rings is 2. The third-order valence-corrected chi connectivity index (χ3v) is 5.27. The summed E-state index contributed by atoms with van der Waals surface area (Å²) in [6.45, 7) is 7.24. The molecule has 144 valence electrons. The normalized spacial score (nSPS) is 16.0. The lowest BCUT2D eigenvalue weighted by Gasteiger charge is -2.33. The maximum absolute atomic E-state index is 12.3. The second-order valence-corrected chi connectivity index (χ2v) is 7.23. The summed E-state index contributed by atoms with van der Waals surface area (Å²) in [6, 6.07) is 18.5. The van der Waals surface area contributed by atoms with Crippen LogP contribution in [0.25, 0.3) is 0 Å². The zero-order chi connectivity index (χ0) is 19.1. The molecule has 2 aromatic rings. The van der Waals surface area contributed by atoms with Crippen molar-refractivity contribution < 1.29 is 14.4 Å². The fraction of sp³-hybridized carbons (Fsp3) is 0.409. The van der Waals surface area contributed by atoms with Gasteiger partial charge in [0, 0.05) is 18.3 Å². The Bertz CT molecular complexity index is 727. The van der Waals surface area contributed by atoms with Crippen LogP contribution < -0.4 is 19.9 Å². The van der Waals surface area contributed by atoms with Crippen LogP contribution in [-0.2, 0) is 4.79 Å². The molecular formula is C22H30N3O2+. The Morgan fingerprint density at radius 1 is 1.15 bits per heavy atom. The Morgan fingerprint density at radius 2 is 1.89 bits per heavy atom. The molecule has 1 amide bonds. The number of nitrogens with zero attached hydrogens (tertiary/aromatic N) is 1. The largest absolute Gasteiger partial charge is 0.497 e. The summed E-state index contributed by atoms with van der Waals surface area (Å²) in [4.78, 5) is 16.0. The van der Waals surface area contributed by atoms with Crippen LogP contribution in [0.4, 0.5) is 5.69 Å². The van der Waals surface area contributed by atoms with Crippen LogP contribution in [-0.4, -0.2) is 52.3 Å². The number of rotatable bonds is 7. The van der Waals surface area contributed by atoms with Gasteiger partial charge in [0.1, 0.15) is 5.75 Å². The van der Waals surface area contributed by atoms with Crippen molar-refractivity contribution in [3.8, 4) is 5.75 Å². The number of amides is 1. The summed E-state index contributed by atoms with van der Waals surface area (Å²) in [7, 11) is 1.69. The standard InChI is InChI=1S/C22H29N3O2/c1-18(19-7-4-3-5-8-19)16-23-22(26)17-24-11-13-25(14-12-24)20-9-6-10-21(15-20)27-2/h3-10,15,18H,11-14,16-17H2,1-2H3,(H,23,26)/p+1/t18-/m0/s1. The van der Waals surface area contributed by atoms with Crippen molar-refractivity contribution in [2.75, 3.05) is 51.3 Å². The quantitative estimate of drug-likeness (QED) is 0.775. The first-order chi connectivity index (χ1) is 13.2. The van der Waals surface area contributed by atoms with E-state index in [2.05, 4.69) is 41.4 Å². The molecule has 0 unspecified atom stereocenters. The SMILES string of the molecule is COc1cccc(N2CC[NH+](CC(=O)NC[C@H](C)c3ccccc3)CC2)c1. The summed E-state index contributed by atoms with van der Waals surface area (Å²) in [5, 5.41) is 3.10. The number of hydrogen-bond donors (Lipinski definition) is 2. The van der Waals surface area contributed by atoms with Gasteiger partial charge in [0.05, 0.1) is 33.3 Å². The van der Waals surface area contributed by atoms with Gasteiger partial charge in [-0.15, -0.1) is 0 Å². The molecule has 0 saturated carbocycles. The molecule has 1 fully saturated rings. The topological polar surface area (TPSA) is 46.0 Å². The summed E-state index contributed by atoms with van der Waals surface area (Å²) in [5.74, 6) is 1.35. The third-order valence-electron chi connectivity index (χ3n) is 5.27. The Kier molecular flexibility index (Phi) is 6.71. The first-order valence-electron chi connectivity index (χ1n) is 9.70. The van der Waals surface area contributed by atoms with E-state index in [0.29, 0.717) is 19.0 Å². The Balaban J connectivity index is 1.41. The van der Waals surface area contributed by atoms with E-state index in [-0.39, 0.29) is 5.91 Å². The minimum absolute atomic E-state index is 0.141. The smallest absolute Gasteiger partial charge is 0.275 e. The summed E-state index contributed by atoms with van der Waals surface area (Å²) < 4.78 is 5.31. The van der Waals surface area contributed by atoms with Crippen molar-refractivity contribution in [1.82, 2.24) is 5.32 Å². The molecule has 0 aromatic heterocycles. The fourth-order valence-electron chi connectivity index (χ4n) is 3.52. The maximum atomic E-state index is 12.3. The second kappa shape index (κ2) is 9.42. The monoisotopic (exact) mass is 368 g/mol. The van der Waals surface area contributed by atoms with Crippen molar-refractivity contribution in [2.24, 2.45) is 0 Å². The molecule has 1 saturated heterocycles. The van der Waals surface area contributed by atoms with Gasteiger partial charge in [0.2, 0.25) is 0 Å². The van der Waals surface area contributed by atoms with Crippen molar-refractivity contribution in [2.45, 2.75) is 12.8 Å². The van der Waals surface area contributed by atoms with Gasteiger partial charge in [0.25, 0.3) is 5.91 Å². The van der Waals surface area contributed by atoms with Crippen molar-refractivity contribution >= 4 is 11.6 Å². The molecule has 2 N–H and O–H groups in total. The third kappa shape index (κ3) is 5.47. The molecular weight excluding hydrogens is 338 g/mol. The Hall–Kier alpha value is -2.53. The summed E-state index contributed by atoms with van der Waals surface area (Å²) >= 11 is 0. The van der Waals surface area contributed by atoms with Gasteiger partial charge >= 0.3 is 0 Å². The molecule has 0 radical (unpaired) electrons. The highest BCUT2D eigenvalue weighted by Gasteiger charge is 2.22. The molecule has 0 bridgehead atoms. The zero-order valence-corrected chi connectivity index (χ0v) is 16.3. The van der Waals surface area contributed by atoms with Gasteiger partial charge in [-0.25, -0.2) is 0 Å². The lowest BCUT2D eigenvalue weighted by Crippen LogP contribution is -3.16. The molecule has 1 heterocycles. The summed E-state index contributed by atoms with van der Waals surface area (Å²) in [6.07, 6.45) is 0. The number of ether oxygens (including phenoxy) is 1. The van der Waals surface area contributed by atoms with E-state index in [9.17, 15) is 4.79 Å². The molecule has 3 rings (SSSR count). The molecule has 1 aliphatic rings. The van der Waals surface area contributed by atoms with Gasteiger partial charge in [-0.05, 0) is 23.6 Å². The van der Waals surface area contributed by atoms with E-state index in [1.807, 2.05) is 30.3 Å². The Labute approximate surface area is 161 Å². The van der Waals surface area contributed by atoms with Crippen LogP contribution in [0.2, 0.25) is 0 Å². The van der Waals surface area contributed by atoms with Crippen molar-refractivity contribution in [3.63, 3.8) is 0 Å². The first kappa shape index (κ1) is 19.2. The van der Waals surface area contributed by atoms with Gasteiger partial charge in [-0.2, -0.15) is 0 Å². The molecule has 5 nitrogen and oxygen atoms in total. The lowest BCUT2D eigenvalue weighted by molar-refractivity contribution is -0.892. The van der Waals surface area contributed by atoms with Crippen molar-refractivity contribution in [1.29, 1.82) is 0 Å². The van der Waals surface area contributed by atoms with Crippen LogP contribution in [0, 0.1) is 0 Å². The average Bonchev–Trinajstić information content (AvgIpc) is 2.73. The molecule has 1 atom stereocenters. The van der Waals surface area contributed by atoms with E-state index < -0.39 is 0 Å². The minimum Gasteiger partial charge on any atom is -0.497 e. The van der Waals surface area contributed by atoms with Crippen LogP contribution in [0.15, 0.2) is 54.6 Å². The van der Waals surface area contributed by atoms with E-state index in [0.717, 1.165) is 31.9 Å². The predicted molar refractivity (Wildman–Crippen MR) is 109 cm³/mol. The molecule has 0 spiro atoms. The Morgan fingerprint density at radius 3 is 2.59 bits per heavy atom. The van der Waals surface area contributed by atoms with E-state index in [1.165, 1.54) is 16.2 Å². The van der Waals surface area contributed by atoms with Gasteiger partial charge in [-0.3, -0.25) is 4.79 Å².